The Labute approximate surface area is 177 Å². The van der Waals surface area contributed by atoms with E-state index < -0.39 is 0 Å². The quantitative estimate of drug-likeness (QED) is 0.721. The lowest BCUT2D eigenvalue weighted by molar-refractivity contribution is -0.154. The van der Waals surface area contributed by atoms with Gasteiger partial charge in [0.15, 0.2) is 17.2 Å². The molecule has 2 aromatic carbocycles. The Morgan fingerprint density at radius 3 is 2.47 bits per heavy atom. The molecule has 3 heterocycles. The topological polar surface area (TPSA) is 40.2 Å². The first-order valence-corrected chi connectivity index (χ1v) is 11.3. The molecule has 30 heavy (non-hydrogen) atoms. The lowest BCUT2D eigenvalue weighted by Gasteiger charge is -2.55. The molecule has 0 spiro atoms. The molecule has 1 saturated carbocycles. The van der Waals surface area contributed by atoms with E-state index in [0.29, 0.717) is 5.92 Å². The van der Waals surface area contributed by atoms with Crippen LogP contribution >= 0.6 is 0 Å². The van der Waals surface area contributed by atoms with Gasteiger partial charge in [0, 0.05) is 43.0 Å². The summed E-state index contributed by atoms with van der Waals surface area (Å²) in [4.78, 5) is 2.64. The summed E-state index contributed by atoms with van der Waals surface area (Å²) in [6.45, 7) is 2.55. The minimum Gasteiger partial charge on any atom is -0.497 e. The summed E-state index contributed by atoms with van der Waals surface area (Å²) in [7, 11) is 1.72. The molecule has 1 aliphatic carbocycles. The van der Waals surface area contributed by atoms with E-state index in [1.165, 1.54) is 43.2 Å². The molecule has 1 saturated heterocycles. The van der Waals surface area contributed by atoms with Crippen LogP contribution in [-0.2, 0) is 0 Å². The van der Waals surface area contributed by atoms with Crippen molar-refractivity contribution in [3.63, 3.8) is 0 Å². The van der Waals surface area contributed by atoms with Crippen LogP contribution in [0.3, 0.4) is 0 Å². The first kappa shape index (κ1) is 18.4. The van der Waals surface area contributed by atoms with Crippen molar-refractivity contribution in [3.05, 3.63) is 47.5 Å². The molecule has 158 valence electrons. The minimum atomic E-state index is -0.222. The number of benzene rings is 2. The minimum absolute atomic E-state index is 0.222. The SMILES string of the molecule is COc1ccc([C@@H]2c3cc4c(cc3O[C@]3(N5CCCC5)CCCC[C@@H]23)OCO4)cc1. The van der Waals surface area contributed by atoms with E-state index in [1.807, 2.05) is 0 Å². The van der Waals surface area contributed by atoms with Crippen LogP contribution < -0.4 is 18.9 Å². The average molecular weight is 408 g/mol. The highest BCUT2D eigenvalue weighted by atomic mass is 16.7. The Balaban J connectivity index is 1.53. The zero-order chi connectivity index (χ0) is 20.1. The van der Waals surface area contributed by atoms with Crippen LogP contribution in [0.5, 0.6) is 23.0 Å². The van der Waals surface area contributed by atoms with E-state index >= 15 is 0 Å². The van der Waals surface area contributed by atoms with Crippen molar-refractivity contribution < 1.29 is 18.9 Å². The van der Waals surface area contributed by atoms with Crippen LogP contribution in [0.4, 0.5) is 0 Å². The van der Waals surface area contributed by atoms with Crippen LogP contribution in [0.25, 0.3) is 0 Å². The standard InChI is InChI=1S/C25H29NO4/c1-27-18-9-7-17(8-10-18)24-19-14-22-23(29-16-28-22)15-21(19)30-25(26-12-4-5-13-26)11-3-2-6-20(24)25/h7-10,14-15,20,24H,2-6,11-13,16H2,1H3/t20-,24+,25+/m0/s1. The van der Waals surface area contributed by atoms with Gasteiger partial charge in [-0.2, -0.15) is 0 Å². The second kappa shape index (κ2) is 7.09. The highest BCUT2D eigenvalue weighted by Crippen LogP contribution is 2.57. The number of likely N-dealkylation sites (tertiary alicyclic amines) is 1. The Morgan fingerprint density at radius 1 is 0.933 bits per heavy atom. The maximum absolute atomic E-state index is 7.00. The zero-order valence-corrected chi connectivity index (χ0v) is 17.6. The van der Waals surface area contributed by atoms with Gasteiger partial charge in [-0.3, -0.25) is 4.90 Å². The molecule has 3 atom stereocenters. The average Bonchev–Trinajstić information content (AvgIpc) is 3.48. The normalized spacial score (nSPS) is 29.8. The molecular formula is C25H29NO4. The second-order valence-corrected chi connectivity index (χ2v) is 8.99. The molecule has 3 aliphatic heterocycles. The van der Waals surface area contributed by atoms with E-state index in [-0.39, 0.29) is 18.4 Å². The van der Waals surface area contributed by atoms with Gasteiger partial charge in [-0.1, -0.05) is 18.6 Å². The van der Waals surface area contributed by atoms with E-state index in [4.69, 9.17) is 18.9 Å². The van der Waals surface area contributed by atoms with Gasteiger partial charge in [0.05, 0.1) is 7.11 Å². The van der Waals surface area contributed by atoms with Gasteiger partial charge in [-0.25, -0.2) is 0 Å². The Morgan fingerprint density at radius 2 is 1.70 bits per heavy atom. The number of hydrogen-bond donors (Lipinski definition) is 0. The molecule has 5 nitrogen and oxygen atoms in total. The predicted octanol–water partition coefficient (Wildman–Crippen LogP) is 4.93. The smallest absolute Gasteiger partial charge is 0.231 e. The van der Waals surface area contributed by atoms with E-state index in [1.54, 1.807) is 7.11 Å². The zero-order valence-electron chi connectivity index (χ0n) is 17.6. The van der Waals surface area contributed by atoms with Crippen molar-refractivity contribution in [2.24, 2.45) is 5.92 Å². The van der Waals surface area contributed by atoms with E-state index in [0.717, 1.165) is 42.5 Å². The van der Waals surface area contributed by atoms with Crippen LogP contribution in [0.1, 0.15) is 55.6 Å². The third-order valence-corrected chi connectivity index (χ3v) is 7.52. The van der Waals surface area contributed by atoms with Crippen molar-refractivity contribution in [2.75, 3.05) is 27.0 Å². The summed E-state index contributed by atoms with van der Waals surface area (Å²) in [5.41, 5.74) is 2.33. The molecule has 2 fully saturated rings. The molecule has 0 amide bonds. The van der Waals surface area contributed by atoms with Crippen molar-refractivity contribution in [2.45, 2.75) is 50.2 Å². The maximum Gasteiger partial charge on any atom is 0.231 e. The lowest BCUT2D eigenvalue weighted by Crippen LogP contribution is -2.61. The molecule has 0 N–H and O–H groups in total. The highest BCUT2D eigenvalue weighted by molar-refractivity contribution is 5.57. The summed E-state index contributed by atoms with van der Waals surface area (Å²) in [5, 5.41) is 0. The largest absolute Gasteiger partial charge is 0.497 e. The predicted molar refractivity (Wildman–Crippen MR) is 114 cm³/mol. The number of fused-ring (bicyclic) bond motifs is 3. The first-order valence-electron chi connectivity index (χ1n) is 11.3. The van der Waals surface area contributed by atoms with Gasteiger partial charge in [-0.05, 0) is 49.4 Å². The fraction of sp³-hybridized carbons (Fsp3) is 0.520. The van der Waals surface area contributed by atoms with Crippen molar-refractivity contribution in [1.29, 1.82) is 0 Å². The fourth-order valence-corrected chi connectivity index (χ4v) is 6.16. The number of ether oxygens (including phenoxy) is 4. The molecule has 0 radical (unpaired) electrons. The number of hydrogen-bond acceptors (Lipinski definition) is 5. The van der Waals surface area contributed by atoms with E-state index in [9.17, 15) is 0 Å². The Kier molecular flexibility index (Phi) is 4.34. The van der Waals surface area contributed by atoms with Gasteiger partial charge in [0.2, 0.25) is 6.79 Å². The molecule has 0 aromatic heterocycles. The summed E-state index contributed by atoms with van der Waals surface area (Å²) < 4.78 is 23.9. The van der Waals surface area contributed by atoms with Crippen molar-refractivity contribution in [3.8, 4) is 23.0 Å². The number of rotatable bonds is 3. The summed E-state index contributed by atoms with van der Waals surface area (Å²) in [6.07, 6.45) is 7.29. The number of nitrogens with zero attached hydrogens (tertiary/aromatic N) is 1. The van der Waals surface area contributed by atoms with Crippen LogP contribution in [0.2, 0.25) is 0 Å². The monoisotopic (exact) mass is 407 g/mol. The Bertz CT molecular complexity index is 937. The number of methoxy groups -OCH3 is 1. The molecule has 2 aromatic rings. The third kappa shape index (κ3) is 2.71. The van der Waals surface area contributed by atoms with Crippen molar-refractivity contribution in [1.82, 2.24) is 4.90 Å². The molecule has 0 bridgehead atoms. The third-order valence-electron chi connectivity index (χ3n) is 7.52. The second-order valence-electron chi connectivity index (χ2n) is 8.99. The van der Waals surface area contributed by atoms with E-state index in [2.05, 4.69) is 41.3 Å². The maximum atomic E-state index is 7.00. The summed E-state index contributed by atoms with van der Waals surface area (Å²) in [6, 6.07) is 12.8. The van der Waals surface area contributed by atoms with Gasteiger partial charge in [0.1, 0.15) is 11.5 Å². The first-order chi connectivity index (χ1) is 14.8. The van der Waals surface area contributed by atoms with Crippen LogP contribution in [0, 0.1) is 5.92 Å². The molecular weight excluding hydrogens is 378 g/mol. The van der Waals surface area contributed by atoms with Crippen molar-refractivity contribution >= 4 is 0 Å². The molecule has 5 heteroatoms. The van der Waals surface area contributed by atoms with Crippen LogP contribution in [-0.4, -0.2) is 37.6 Å². The molecule has 0 unspecified atom stereocenters. The molecule has 4 aliphatic rings. The lowest BCUT2D eigenvalue weighted by atomic mass is 9.66. The van der Waals surface area contributed by atoms with Gasteiger partial charge >= 0.3 is 0 Å². The fourth-order valence-electron chi connectivity index (χ4n) is 6.16. The van der Waals surface area contributed by atoms with Gasteiger partial charge in [0.25, 0.3) is 0 Å². The summed E-state index contributed by atoms with van der Waals surface area (Å²) in [5.74, 6) is 4.19. The summed E-state index contributed by atoms with van der Waals surface area (Å²) >= 11 is 0. The Hall–Kier alpha value is -2.40. The van der Waals surface area contributed by atoms with Crippen LogP contribution in [0.15, 0.2) is 36.4 Å². The molecule has 6 rings (SSSR count). The van der Waals surface area contributed by atoms with Gasteiger partial charge in [-0.15, -0.1) is 0 Å². The van der Waals surface area contributed by atoms with Gasteiger partial charge < -0.3 is 18.9 Å². The highest BCUT2D eigenvalue weighted by Gasteiger charge is 2.55.